The van der Waals surface area contributed by atoms with Crippen LogP contribution in [0, 0.1) is 23.5 Å². The molecule has 2 rings (SSSR count). The molecule has 1 heterocycles. The molecule has 24 heavy (non-hydrogen) atoms. The molecule has 134 valence electrons. The van der Waals surface area contributed by atoms with Gasteiger partial charge in [0.1, 0.15) is 0 Å². The van der Waals surface area contributed by atoms with Crippen LogP contribution in [0.15, 0.2) is 12.2 Å². The second-order valence-electron chi connectivity index (χ2n) is 5.27. The Balaban J connectivity index is 0.000000773. The van der Waals surface area contributed by atoms with E-state index in [1.807, 2.05) is 6.26 Å². The Morgan fingerprint density at radius 1 is 1.29 bits per heavy atom. The molecule has 0 atom stereocenters. The predicted octanol–water partition coefficient (Wildman–Crippen LogP) is 0.979. The number of terminal acetylenes is 1. The first-order valence-corrected chi connectivity index (χ1v) is 9.07. The predicted molar refractivity (Wildman–Crippen MR) is 97.8 cm³/mol. The number of rotatable bonds is 3. The zero-order valence-corrected chi connectivity index (χ0v) is 15.4. The zero-order valence-electron chi connectivity index (χ0n) is 14.6. The standard InChI is InChI=1S/C13H18N2O3.C3H4S.CH5N/c1-14-13(18)10-4-2-9(3-5-10)8-15-11(16)6-7-12(15)17;1-3-4-2;1-2/h6-7,9-10H,2-5,8H2,1H3,(H,14,18);1H,2H3;2H2,1H3. The Labute approximate surface area is 148 Å². The number of carbonyl (C=O) groups excluding carboxylic acids is 3. The Hall–Kier alpha value is -1.78. The van der Waals surface area contributed by atoms with Crippen molar-refractivity contribution in [3.63, 3.8) is 0 Å². The van der Waals surface area contributed by atoms with Crippen molar-refractivity contribution in [1.82, 2.24) is 10.2 Å². The number of amides is 3. The highest BCUT2D eigenvalue weighted by molar-refractivity contribution is 8.03. The average molecular weight is 353 g/mol. The van der Waals surface area contributed by atoms with Crippen LogP contribution < -0.4 is 11.1 Å². The molecule has 0 bridgehead atoms. The van der Waals surface area contributed by atoms with Crippen LogP contribution in [0.1, 0.15) is 25.7 Å². The maximum absolute atomic E-state index is 11.5. The number of thioether (sulfide) groups is 1. The van der Waals surface area contributed by atoms with Gasteiger partial charge in [0.25, 0.3) is 11.8 Å². The number of nitrogens with two attached hydrogens (primary N) is 1. The maximum atomic E-state index is 11.5. The number of hydrogen-bond donors (Lipinski definition) is 2. The highest BCUT2D eigenvalue weighted by Gasteiger charge is 2.30. The second-order valence-corrected chi connectivity index (χ2v) is 5.92. The van der Waals surface area contributed by atoms with Crippen LogP contribution in [-0.4, -0.2) is 49.5 Å². The summed E-state index contributed by atoms with van der Waals surface area (Å²) < 4.78 is 0. The normalized spacial score (nSPS) is 21.9. The highest BCUT2D eigenvalue weighted by atomic mass is 32.2. The smallest absolute Gasteiger partial charge is 0.253 e. The Morgan fingerprint density at radius 2 is 1.75 bits per heavy atom. The van der Waals surface area contributed by atoms with E-state index in [0.717, 1.165) is 25.7 Å². The van der Waals surface area contributed by atoms with Gasteiger partial charge in [-0.1, -0.05) is 11.8 Å². The highest BCUT2D eigenvalue weighted by Crippen LogP contribution is 2.29. The summed E-state index contributed by atoms with van der Waals surface area (Å²) in [5, 5.41) is 5.02. The lowest BCUT2D eigenvalue weighted by atomic mass is 9.81. The molecule has 0 unspecified atom stereocenters. The number of carbonyl (C=O) groups is 3. The molecule has 1 fully saturated rings. The molecule has 1 aliphatic heterocycles. The lowest BCUT2D eigenvalue weighted by molar-refractivity contribution is -0.138. The van der Waals surface area contributed by atoms with Crippen molar-refractivity contribution < 1.29 is 14.4 Å². The summed E-state index contributed by atoms with van der Waals surface area (Å²) in [6, 6.07) is 0. The lowest BCUT2D eigenvalue weighted by Crippen LogP contribution is -2.37. The van der Waals surface area contributed by atoms with Crippen molar-refractivity contribution >= 4 is 29.5 Å². The van der Waals surface area contributed by atoms with E-state index >= 15 is 0 Å². The van der Waals surface area contributed by atoms with E-state index in [4.69, 9.17) is 6.42 Å². The van der Waals surface area contributed by atoms with E-state index in [0.29, 0.717) is 12.5 Å². The first-order chi connectivity index (χ1) is 11.5. The molecular weight excluding hydrogens is 326 g/mol. The maximum Gasteiger partial charge on any atom is 0.253 e. The third kappa shape index (κ3) is 7.20. The van der Waals surface area contributed by atoms with Crippen LogP contribution in [-0.2, 0) is 14.4 Å². The fourth-order valence-electron chi connectivity index (χ4n) is 2.68. The lowest BCUT2D eigenvalue weighted by Gasteiger charge is -2.29. The fraction of sp³-hybridized carbons (Fsp3) is 0.588. The molecule has 6 nitrogen and oxygen atoms in total. The number of nitrogens with zero attached hydrogens (tertiary/aromatic N) is 1. The first-order valence-electron chi connectivity index (χ1n) is 7.84. The molecule has 0 spiro atoms. The van der Waals surface area contributed by atoms with Gasteiger partial charge in [0.15, 0.2) is 0 Å². The summed E-state index contributed by atoms with van der Waals surface area (Å²) in [5.41, 5.74) is 4.50. The minimum Gasteiger partial charge on any atom is -0.359 e. The molecule has 0 saturated heterocycles. The summed E-state index contributed by atoms with van der Waals surface area (Å²) >= 11 is 1.38. The molecule has 0 radical (unpaired) electrons. The fourth-order valence-corrected chi connectivity index (χ4v) is 2.68. The van der Waals surface area contributed by atoms with Gasteiger partial charge in [0, 0.05) is 31.7 Å². The van der Waals surface area contributed by atoms with Gasteiger partial charge in [0.05, 0.1) is 0 Å². The van der Waals surface area contributed by atoms with Crippen molar-refractivity contribution in [2.24, 2.45) is 17.6 Å². The number of hydrogen-bond acceptors (Lipinski definition) is 5. The number of imide groups is 1. The largest absolute Gasteiger partial charge is 0.359 e. The molecule has 3 amide bonds. The van der Waals surface area contributed by atoms with Crippen molar-refractivity contribution in [1.29, 1.82) is 0 Å². The number of nitrogens with one attached hydrogen (secondary N) is 1. The van der Waals surface area contributed by atoms with Crippen LogP contribution in [0.2, 0.25) is 0 Å². The molecule has 2 aliphatic rings. The summed E-state index contributed by atoms with van der Waals surface area (Å²) in [4.78, 5) is 35.6. The van der Waals surface area contributed by atoms with E-state index in [1.54, 1.807) is 7.05 Å². The van der Waals surface area contributed by atoms with E-state index in [1.165, 1.54) is 35.9 Å². The Morgan fingerprint density at radius 3 is 2.12 bits per heavy atom. The summed E-state index contributed by atoms with van der Waals surface area (Å²) in [6.07, 6.45) is 12.7. The van der Waals surface area contributed by atoms with Gasteiger partial charge in [-0.15, -0.1) is 6.42 Å². The van der Waals surface area contributed by atoms with Gasteiger partial charge in [-0.2, -0.15) is 0 Å². The molecule has 0 aromatic carbocycles. The zero-order chi connectivity index (χ0) is 18.5. The van der Waals surface area contributed by atoms with Gasteiger partial charge in [-0.25, -0.2) is 0 Å². The monoisotopic (exact) mass is 353 g/mol. The molecule has 3 N–H and O–H groups in total. The Bertz CT molecular complexity index is 474. The summed E-state index contributed by atoms with van der Waals surface area (Å²) in [6.45, 7) is 0.491. The SMILES string of the molecule is C#CSC.CN.CNC(=O)C1CCC(CN2C(=O)C=CC2=O)CC1. The van der Waals surface area contributed by atoms with E-state index in [2.05, 4.69) is 16.3 Å². The third-order valence-corrected chi connectivity index (χ3v) is 4.16. The first kappa shape index (κ1) is 22.2. The van der Waals surface area contributed by atoms with Gasteiger partial charge in [-0.3, -0.25) is 19.3 Å². The minimum atomic E-state index is -0.214. The van der Waals surface area contributed by atoms with E-state index < -0.39 is 0 Å². The average Bonchev–Trinajstić information content (AvgIpc) is 2.95. The summed E-state index contributed by atoms with van der Waals surface area (Å²) in [5.74, 6) is 0.0957. The molecule has 0 aromatic rings. The summed E-state index contributed by atoms with van der Waals surface area (Å²) in [7, 11) is 3.15. The third-order valence-electron chi connectivity index (χ3n) is 3.92. The van der Waals surface area contributed by atoms with Crippen molar-refractivity contribution in [2.75, 3.05) is 26.9 Å². The van der Waals surface area contributed by atoms with Crippen molar-refractivity contribution in [3.05, 3.63) is 12.2 Å². The second kappa shape index (κ2) is 12.6. The molecule has 1 aliphatic carbocycles. The molecule has 1 saturated carbocycles. The van der Waals surface area contributed by atoms with Crippen LogP contribution in [0.5, 0.6) is 0 Å². The van der Waals surface area contributed by atoms with E-state index in [9.17, 15) is 14.4 Å². The Kier molecular flexibility index (Phi) is 11.7. The van der Waals surface area contributed by atoms with E-state index in [-0.39, 0.29) is 23.6 Å². The molecule has 7 heteroatoms. The van der Waals surface area contributed by atoms with Gasteiger partial charge < -0.3 is 11.1 Å². The molecular formula is C17H27N3O3S. The van der Waals surface area contributed by atoms with Crippen LogP contribution >= 0.6 is 11.8 Å². The van der Waals surface area contributed by atoms with Crippen molar-refractivity contribution in [2.45, 2.75) is 25.7 Å². The minimum absolute atomic E-state index is 0.0920. The quantitative estimate of drug-likeness (QED) is 0.583. The topological polar surface area (TPSA) is 92.5 Å². The molecule has 0 aromatic heterocycles. The van der Waals surface area contributed by atoms with Crippen LogP contribution in [0.3, 0.4) is 0 Å². The van der Waals surface area contributed by atoms with Crippen LogP contribution in [0.25, 0.3) is 0 Å². The van der Waals surface area contributed by atoms with Gasteiger partial charge >= 0.3 is 0 Å². The van der Waals surface area contributed by atoms with Gasteiger partial charge in [-0.05, 0) is 50.2 Å². The van der Waals surface area contributed by atoms with Gasteiger partial charge in [0.2, 0.25) is 5.91 Å². The van der Waals surface area contributed by atoms with Crippen LogP contribution in [0.4, 0.5) is 0 Å². The van der Waals surface area contributed by atoms with Crippen molar-refractivity contribution in [3.8, 4) is 11.7 Å².